The predicted octanol–water partition coefficient (Wildman–Crippen LogP) is 3.23. The van der Waals surface area contributed by atoms with Crippen LogP contribution >= 0.6 is 0 Å². The molecule has 4 rings (SSSR count). The molecule has 0 aromatic heterocycles. The number of amides is 1. The smallest absolute Gasteiger partial charge is 0.411 e. The van der Waals surface area contributed by atoms with Gasteiger partial charge < -0.3 is 14.8 Å². The van der Waals surface area contributed by atoms with E-state index in [4.69, 9.17) is 4.74 Å². The average Bonchev–Trinajstić information content (AvgIpc) is 2.89. The van der Waals surface area contributed by atoms with Crippen molar-refractivity contribution in [3.63, 3.8) is 0 Å². The third-order valence-corrected chi connectivity index (χ3v) is 5.65. The van der Waals surface area contributed by atoms with Gasteiger partial charge in [0.25, 0.3) is 0 Å². The molecule has 2 N–H and O–H groups in total. The Hall–Kier alpha value is -1.75. The number of nitrogens with one attached hydrogen (secondary N) is 2. The summed E-state index contributed by atoms with van der Waals surface area (Å²) in [6.07, 6.45) is 5.03. The van der Waals surface area contributed by atoms with Crippen molar-refractivity contribution in [3.8, 4) is 0 Å². The van der Waals surface area contributed by atoms with E-state index in [0.717, 1.165) is 24.4 Å². The number of rotatable bonds is 3. The first-order valence-electron chi connectivity index (χ1n) is 8.06. The van der Waals surface area contributed by atoms with Crippen molar-refractivity contribution < 1.29 is 14.3 Å². The van der Waals surface area contributed by atoms with Gasteiger partial charge in [0.15, 0.2) is 0 Å². The zero-order chi connectivity index (χ0) is 15.2. The maximum absolute atomic E-state index is 11.3. The van der Waals surface area contributed by atoms with E-state index in [9.17, 15) is 4.79 Å². The molecule has 1 amide bonds. The minimum absolute atomic E-state index is 0.354. The zero-order valence-corrected chi connectivity index (χ0v) is 12.8. The van der Waals surface area contributed by atoms with Gasteiger partial charge in [0, 0.05) is 35.4 Å². The van der Waals surface area contributed by atoms with Gasteiger partial charge in [0.1, 0.15) is 0 Å². The molecule has 1 spiro atoms. The molecule has 118 valence electrons. The third kappa shape index (κ3) is 1.99. The molecule has 3 aliphatic rings. The summed E-state index contributed by atoms with van der Waals surface area (Å²) in [5, 5.41) is 6.41. The minimum Gasteiger partial charge on any atom is -0.453 e. The fourth-order valence-electron chi connectivity index (χ4n) is 4.49. The van der Waals surface area contributed by atoms with Gasteiger partial charge >= 0.3 is 6.09 Å². The van der Waals surface area contributed by atoms with Crippen molar-refractivity contribution in [2.75, 3.05) is 24.4 Å². The fourth-order valence-corrected chi connectivity index (χ4v) is 4.49. The van der Waals surface area contributed by atoms with Crippen molar-refractivity contribution in [2.45, 2.75) is 37.8 Å². The van der Waals surface area contributed by atoms with Gasteiger partial charge in [-0.15, -0.1) is 0 Å². The molecule has 1 aliphatic heterocycles. The van der Waals surface area contributed by atoms with Crippen LogP contribution < -0.4 is 10.6 Å². The number of benzene rings is 1. The number of carbonyl (C=O) groups excluding carboxylic acids is 1. The SMILES string of the molecule is COC(=O)Nc1cccc(N[C@@H]2[C@@H]3CCO[C@H]3C23CCC3)c1. The molecule has 1 aromatic carbocycles. The number of carbonyl (C=O) groups is 1. The predicted molar refractivity (Wildman–Crippen MR) is 84.0 cm³/mol. The highest BCUT2D eigenvalue weighted by Crippen LogP contribution is 2.63. The first-order valence-corrected chi connectivity index (χ1v) is 8.06. The molecule has 2 aliphatic carbocycles. The van der Waals surface area contributed by atoms with Crippen LogP contribution in [0.25, 0.3) is 0 Å². The van der Waals surface area contributed by atoms with Crippen LogP contribution in [-0.2, 0) is 9.47 Å². The maximum atomic E-state index is 11.3. The van der Waals surface area contributed by atoms with E-state index in [1.54, 1.807) is 0 Å². The number of hydrogen-bond donors (Lipinski definition) is 2. The topological polar surface area (TPSA) is 59.6 Å². The largest absolute Gasteiger partial charge is 0.453 e. The molecule has 1 saturated heterocycles. The Morgan fingerprint density at radius 2 is 2.18 bits per heavy atom. The van der Waals surface area contributed by atoms with Gasteiger partial charge in [-0.2, -0.15) is 0 Å². The van der Waals surface area contributed by atoms with E-state index in [1.807, 2.05) is 18.2 Å². The van der Waals surface area contributed by atoms with Crippen LogP contribution in [0.15, 0.2) is 24.3 Å². The van der Waals surface area contributed by atoms with Crippen LogP contribution in [0.5, 0.6) is 0 Å². The Morgan fingerprint density at radius 1 is 1.36 bits per heavy atom. The summed E-state index contributed by atoms with van der Waals surface area (Å²) in [7, 11) is 1.37. The van der Waals surface area contributed by atoms with Crippen LogP contribution in [0.1, 0.15) is 25.7 Å². The highest BCUT2D eigenvalue weighted by atomic mass is 16.5. The van der Waals surface area contributed by atoms with Gasteiger partial charge in [0.2, 0.25) is 0 Å². The summed E-state index contributed by atoms with van der Waals surface area (Å²) in [5.74, 6) is 0.637. The van der Waals surface area contributed by atoms with Crippen molar-refractivity contribution in [1.29, 1.82) is 0 Å². The molecule has 22 heavy (non-hydrogen) atoms. The highest BCUT2D eigenvalue weighted by Gasteiger charge is 2.66. The third-order valence-electron chi connectivity index (χ3n) is 5.65. The Balaban J connectivity index is 1.49. The molecule has 0 bridgehead atoms. The standard InChI is InChI=1S/C17H22N2O3/c1-21-16(20)19-12-5-2-4-11(10-12)18-14-13-6-9-22-15(13)17(14)7-3-8-17/h2,4-5,10,13-15,18H,3,6-9H2,1H3,(H,19,20)/t13-,14+,15+/m0/s1. The van der Waals surface area contributed by atoms with E-state index >= 15 is 0 Å². The summed E-state index contributed by atoms with van der Waals surface area (Å²) >= 11 is 0. The minimum atomic E-state index is -0.444. The van der Waals surface area contributed by atoms with Crippen LogP contribution in [0, 0.1) is 11.3 Å². The Labute approximate surface area is 130 Å². The molecular weight excluding hydrogens is 280 g/mol. The number of fused-ring (bicyclic) bond motifs is 2. The van der Waals surface area contributed by atoms with Crippen LogP contribution in [-0.4, -0.2) is 32.0 Å². The van der Waals surface area contributed by atoms with Crippen molar-refractivity contribution in [1.82, 2.24) is 0 Å². The van der Waals surface area contributed by atoms with Gasteiger partial charge in [0.05, 0.1) is 13.2 Å². The van der Waals surface area contributed by atoms with Gasteiger partial charge in [-0.25, -0.2) is 4.79 Å². The normalized spacial score (nSPS) is 30.9. The first kappa shape index (κ1) is 13.9. The second kappa shape index (κ2) is 5.16. The van der Waals surface area contributed by atoms with E-state index in [1.165, 1.54) is 26.4 Å². The fraction of sp³-hybridized carbons (Fsp3) is 0.588. The number of anilines is 2. The molecule has 0 radical (unpaired) electrons. The molecular formula is C17H22N2O3. The second-order valence-electron chi connectivity index (χ2n) is 6.65. The summed E-state index contributed by atoms with van der Waals surface area (Å²) < 4.78 is 10.6. The summed E-state index contributed by atoms with van der Waals surface area (Å²) in [6.45, 7) is 0.902. The lowest BCUT2D eigenvalue weighted by Crippen LogP contribution is -2.68. The van der Waals surface area contributed by atoms with Crippen LogP contribution in [0.3, 0.4) is 0 Å². The lowest BCUT2D eigenvalue weighted by atomic mass is 9.46. The number of hydrogen-bond acceptors (Lipinski definition) is 4. The highest BCUT2D eigenvalue weighted by molar-refractivity contribution is 5.85. The lowest BCUT2D eigenvalue weighted by Gasteiger charge is -2.63. The lowest BCUT2D eigenvalue weighted by molar-refractivity contribution is -0.158. The molecule has 1 aromatic rings. The monoisotopic (exact) mass is 302 g/mol. The summed E-state index contributed by atoms with van der Waals surface area (Å²) in [6, 6.07) is 8.33. The van der Waals surface area contributed by atoms with E-state index in [-0.39, 0.29) is 0 Å². The molecule has 3 fully saturated rings. The van der Waals surface area contributed by atoms with Crippen molar-refractivity contribution in [3.05, 3.63) is 24.3 Å². The number of ether oxygens (including phenoxy) is 2. The maximum Gasteiger partial charge on any atom is 0.411 e. The molecule has 3 atom stereocenters. The molecule has 1 heterocycles. The molecule has 5 nitrogen and oxygen atoms in total. The van der Waals surface area contributed by atoms with Crippen LogP contribution in [0.2, 0.25) is 0 Å². The summed E-state index contributed by atoms with van der Waals surface area (Å²) in [4.78, 5) is 11.3. The van der Waals surface area contributed by atoms with E-state index < -0.39 is 6.09 Å². The molecule has 5 heteroatoms. The van der Waals surface area contributed by atoms with Crippen molar-refractivity contribution in [2.24, 2.45) is 11.3 Å². The quantitative estimate of drug-likeness (QED) is 0.900. The Morgan fingerprint density at radius 3 is 2.91 bits per heavy atom. The van der Waals surface area contributed by atoms with Crippen LogP contribution in [0.4, 0.5) is 16.2 Å². The second-order valence-corrected chi connectivity index (χ2v) is 6.65. The molecule has 2 saturated carbocycles. The first-order chi connectivity index (χ1) is 10.7. The van der Waals surface area contributed by atoms with E-state index in [0.29, 0.717) is 23.5 Å². The summed E-state index contributed by atoms with van der Waals surface area (Å²) in [5.41, 5.74) is 2.15. The average molecular weight is 302 g/mol. The Bertz CT molecular complexity index is 585. The van der Waals surface area contributed by atoms with Crippen molar-refractivity contribution >= 4 is 17.5 Å². The zero-order valence-electron chi connectivity index (χ0n) is 12.8. The van der Waals surface area contributed by atoms with Gasteiger partial charge in [-0.1, -0.05) is 12.5 Å². The van der Waals surface area contributed by atoms with E-state index in [2.05, 4.69) is 21.4 Å². The number of methoxy groups -OCH3 is 1. The van der Waals surface area contributed by atoms with Gasteiger partial charge in [-0.3, -0.25) is 5.32 Å². The van der Waals surface area contributed by atoms with Gasteiger partial charge in [-0.05, 0) is 37.5 Å². The molecule has 0 unspecified atom stereocenters. The Kier molecular flexibility index (Phi) is 3.26.